The minimum absolute atomic E-state index is 0.228. The van der Waals surface area contributed by atoms with Gasteiger partial charge in [-0.15, -0.1) is 5.10 Å². The Balaban J connectivity index is 1.53. The van der Waals surface area contributed by atoms with E-state index in [2.05, 4.69) is 10.1 Å². The molecule has 0 bridgehead atoms. The molecule has 7 nitrogen and oxygen atoms in total. The van der Waals surface area contributed by atoms with Gasteiger partial charge in [0.2, 0.25) is 0 Å². The summed E-state index contributed by atoms with van der Waals surface area (Å²) < 4.78 is 28.1. The monoisotopic (exact) mass is 417 g/mol. The van der Waals surface area contributed by atoms with E-state index in [1.807, 2.05) is 42.7 Å². The lowest BCUT2D eigenvalue weighted by atomic mass is 10.2. The zero-order chi connectivity index (χ0) is 21.5. The van der Waals surface area contributed by atoms with Crippen molar-refractivity contribution in [1.29, 1.82) is 0 Å². The van der Waals surface area contributed by atoms with Crippen LogP contribution >= 0.6 is 0 Å². The summed E-state index contributed by atoms with van der Waals surface area (Å²) in [6.07, 6.45) is 1.64. The number of aryl methyl sites for hydroxylation is 1. The molecule has 0 spiro atoms. The molecular formula is C23H20FN5O2. The molecule has 0 unspecified atom stereocenters. The minimum atomic E-state index is -0.274. The molecule has 3 heterocycles. The van der Waals surface area contributed by atoms with E-state index in [4.69, 9.17) is 14.5 Å². The smallest absolute Gasteiger partial charge is 0.189 e. The summed E-state index contributed by atoms with van der Waals surface area (Å²) in [5.41, 5.74) is 4.37. The van der Waals surface area contributed by atoms with Crippen LogP contribution < -0.4 is 9.47 Å². The van der Waals surface area contributed by atoms with Crippen LogP contribution in [-0.4, -0.2) is 31.3 Å². The molecule has 2 aromatic carbocycles. The molecule has 0 aliphatic rings. The van der Waals surface area contributed by atoms with Crippen molar-refractivity contribution >= 4 is 16.7 Å². The van der Waals surface area contributed by atoms with Crippen molar-refractivity contribution in [2.24, 2.45) is 0 Å². The van der Waals surface area contributed by atoms with Gasteiger partial charge in [-0.2, -0.15) is 0 Å². The number of halogens is 1. The Morgan fingerprint density at radius 1 is 0.935 bits per heavy atom. The number of rotatable bonds is 5. The van der Waals surface area contributed by atoms with Crippen LogP contribution in [0.15, 0.2) is 54.9 Å². The zero-order valence-corrected chi connectivity index (χ0v) is 17.3. The van der Waals surface area contributed by atoms with Crippen molar-refractivity contribution in [3.63, 3.8) is 0 Å². The first kappa shape index (κ1) is 19.0. The fraction of sp³-hybridized carbons (Fsp3) is 0.174. The number of fused-ring (bicyclic) bond motifs is 3. The first-order chi connectivity index (χ1) is 15.0. The summed E-state index contributed by atoms with van der Waals surface area (Å²) in [4.78, 5) is 9.32. The molecule has 3 aromatic heterocycles. The van der Waals surface area contributed by atoms with Gasteiger partial charge in [-0.25, -0.2) is 18.9 Å². The molecule has 0 radical (unpaired) electrons. The van der Waals surface area contributed by atoms with E-state index < -0.39 is 0 Å². The molecule has 0 saturated carbocycles. The number of benzene rings is 2. The van der Waals surface area contributed by atoms with Gasteiger partial charge in [-0.3, -0.25) is 4.57 Å². The Morgan fingerprint density at radius 2 is 1.65 bits per heavy atom. The van der Waals surface area contributed by atoms with Gasteiger partial charge in [0.25, 0.3) is 0 Å². The maximum Gasteiger partial charge on any atom is 0.189 e. The second-order valence-electron chi connectivity index (χ2n) is 7.23. The number of ether oxygens (including phenoxy) is 2. The lowest BCUT2D eigenvalue weighted by Crippen LogP contribution is -1.99. The molecule has 156 valence electrons. The van der Waals surface area contributed by atoms with Gasteiger partial charge in [0.15, 0.2) is 17.1 Å². The summed E-state index contributed by atoms with van der Waals surface area (Å²) in [5.74, 6) is 1.75. The van der Waals surface area contributed by atoms with Gasteiger partial charge < -0.3 is 9.47 Å². The van der Waals surface area contributed by atoms with Crippen LogP contribution in [0.2, 0.25) is 0 Å². The van der Waals surface area contributed by atoms with E-state index in [9.17, 15) is 4.39 Å². The Kier molecular flexibility index (Phi) is 4.54. The fourth-order valence-electron chi connectivity index (χ4n) is 3.69. The maximum atomic E-state index is 13.4. The number of hydrogen-bond acceptors (Lipinski definition) is 5. The van der Waals surface area contributed by atoms with Crippen molar-refractivity contribution in [2.75, 3.05) is 7.11 Å². The molecule has 31 heavy (non-hydrogen) atoms. The average molecular weight is 417 g/mol. The van der Waals surface area contributed by atoms with Gasteiger partial charge in [0.05, 0.1) is 12.5 Å². The highest BCUT2D eigenvalue weighted by atomic mass is 19.1. The topological polar surface area (TPSA) is 66.5 Å². The van der Waals surface area contributed by atoms with Crippen LogP contribution in [0.1, 0.15) is 17.1 Å². The SMILES string of the molecule is COc1ccc(OCc2nc3c4c(C)c(C)n(-c5ccc(F)cc5)c4ncn3n2)cc1. The highest BCUT2D eigenvalue weighted by Gasteiger charge is 2.19. The summed E-state index contributed by atoms with van der Waals surface area (Å²) in [6, 6.07) is 13.7. The molecule has 0 aliphatic heterocycles. The van der Waals surface area contributed by atoms with Gasteiger partial charge in [-0.1, -0.05) is 0 Å². The first-order valence-electron chi connectivity index (χ1n) is 9.80. The molecule has 0 saturated heterocycles. The number of methoxy groups -OCH3 is 1. The van der Waals surface area contributed by atoms with Crippen LogP contribution in [-0.2, 0) is 6.61 Å². The zero-order valence-electron chi connectivity index (χ0n) is 17.3. The normalized spacial score (nSPS) is 11.4. The summed E-state index contributed by atoms with van der Waals surface area (Å²) in [6.45, 7) is 4.27. The molecular weight excluding hydrogens is 397 g/mol. The molecule has 0 fully saturated rings. The highest BCUT2D eigenvalue weighted by molar-refractivity contribution is 5.94. The van der Waals surface area contributed by atoms with E-state index in [1.165, 1.54) is 12.1 Å². The number of aromatic nitrogens is 5. The lowest BCUT2D eigenvalue weighted by Gasteiger charge is -2.07. The Labute approximate surface area is 177 Å². The van der Waals surface area contributed by atoms with Gasteiger partial charge in [-0.05, 0) is 67.9 Å². The minimum Gasteiger partial charge on any atom is -0.497 e. The third kappa shape index (κ3) is 3.26. The molecule has 0 aliphatic carbocycles. The molecule has 0 atom stereocenters. The quantitative estimate of drug-likeness (QED) is 0.424. The second kappa shape index (κ2) is 7.39. The largest absolute Gasteiger partial charge is 0.497 e. The average Bonchev–Trinajstić information content (AvgIpc) is 3.32. The van der Waals surface area contributed by atoms with E-state index in [1.54, 1.807) is 30.1 Å². The second-order valence-corrected chi connectivity index (χ2v) is 7.23. The lowest BCUT2D eigenvalue weighted by molar-refractivity contribution is 0.295. The third-order valence-electron chi connectivity index (χ3n) is 5.39. The molecule has 5 rings (SSSR count). The molecule has 0 amide bonds. The maximum absolute atomic E-state index is 13.4. The summed E-state index contributed by atoms with van der Waals surface area (Å²) in [7, 11) is 1.62. The van der Waals surface area contributed by atoms with Crippen molar-refractivity contribution in [2.45, 2.75) is 20.5 Å². The van der Waals surface area contributed by atoms with Crippen LogP contribution in [0.4, 0.5) is 4.39 Å². The van der Waals surface area contributed by atoms with E-state index >= 15 is 0 Å². The van der Waals surface area contributed by atoms with Crippen LogP contribution in [0.25, 0.3) is 22.4 Å². The fourth-order valence-corrected chi connectivity index (χ4v) is 3.69. The Hall–Kier alpha value is -3.94. The standard InChI is InChI=1S/C23H20FN5O2/c1-14-15(2)29(17-6-4-16(24)5-7-17)22-21(14)23-26-20(27-28(23)13-25-22)12-31-19-10-8-18(30-3)9-11-19/h4-11,13H,12H2,1-3H3. The molecule has 5 aromatic rings. The van der Waals surface area contributed by atoms with Gasteiger partial charge in [0.1, 0.15) is 30.3 Å². The van der Waals surface area contributed by atoms with Crippen LogP contribution in [0.3, 0.4) is 0 Å². The van der Waals surface area contributed by atoms with E-state index in [0.29, 0.717) is 17.2 Å². The predicted octanol–water partition coefficient (Wildman–Crippen LogP) is 4.41. The summed E-state index contributed by atoms with van der Waals surface area (Å²) >= 11 is 0. The van der Waals surface area contributed by atoms with Crippen LogP contribution in [0.5, 0.6) is 11.5 Å². The third-order valence-corrected chi connectivity index (χ3v) is 5.39. The molecule has 0 N–H and O–H groups in total. The Morgan fingerprint density at radius 3 is 2.35 bits per heavy atom. The van der Waals surface area contributed by atoms with Gasteiger partial charge >= 0.3 is 0 Å². The van der Waals surface area contributed by atoms with Crippen molar-refractivity contribution < 1.29 is 13.9 Å². The molecule has 8 heteroatoms. The highest BCUT2D eigenvalue weighted by Crippen LogP contribution is 2.30. The Bertz CT molecular complexity index is 1390. The summed E-state index contributed by atoms with van der Waals surface area (Å²) in [5, 5.41) is 5.42. The first-order valence-corrected chi connectivity index (χ1v) is 9.80. The number of nitrogens with zero attached hydrogens (tertiary/aromatic N) is 5. The van der Waals surface area contributed by atoms with Gasteiger partial charge in [0, 0.05) is 11.4 Å². The van der Waals surface area contributed by atoms with Crippen molar-refractivity contribution in [3.05, 3.63) is 77.8 Å². The van der Waals surface area contributed by atoms with Crippen LogP contribution in [0, 0.1) is 19.7 Å². The van der Waals surface area contributed by atoms with E-state index in [-0.39, 0.29) is 12.4 Å². The van der Waals surface area contributed by atoms with Crippen molar-refractivity contribution in [3.8, 4) is 17.2 Å². The van der Waals surface area contributed by atoms with E-state index in [0.717, 1.165) is 33.7 Å². The number of hydrogen-bond donors (Lipinski definition) is 0. The predicted molar refractivity (Wildman–Crippen MR) is 114 cm³/mol. The van der Waals surface area contributed by atoms with Crippen molar-refractivity contribution in [1.82, 2.24) is 24.1 Å².